The number of fused-ring (bicyclic) bond motifs is 3. The highest BCUT2D eigenvalue weighted by Gasteiger charge is 2.18. The van der Waals surface area contributed by atoms with Crippen LogP contribution < -0.4 is 0 Å². The molecule has 0 spiro atoms. The summed E-state index contributed by atoms with van der Waals surface area (Å²) in [5, 5.41) is 5.02. The van der Waals surface area contributed by atoms with E-state index in [0.29, 0.717) is 0 Å². The molecule has 2 nitrogen and oxygen atoms in total. The van der Waals surface area contributed by atoms with Crippen molar-refractivity contribution in [2.75, 3.05) is 0 Å². The van der Waals surface area contributed by atoms with Crippen LogP contribution in [-0.4, -0.2) is 9.55 Å². The first-order valence-electron chi connectivity index (χ1n) is 17.0. The molecule has 0 atom stereocenters. The van der Waals surface area contributed by atoms with Gasteiger partial charge in [0.05, 0.1) is 11.0 Å². The molecule has 232 valence electrons. The van der Waals surface area contributed by atoms with E-state index in [4.69, 9.17) is 4.98 Å². The van der Waals surface area contributed by atoms with E-state index in [9.17, 15) is 0 Å². The second-order valence-electron chi connectivity index (χ2n) is 12.6. The average Bonchev–Trinajstić information content (AvgIpc) is 3.56. The zero-order chi connectivity index (χ0) is 32.7. The molecule has 0 N–H and O–H groups in total. The molecule has 0 bridgehead atoms. The lowest BCUT2D eigenvalue weighted by Gasteiger charge is -2.19. The van der Waals surface area contributed by atoms with Crippen LogP contribution in [0.3, 0.4) is 0 Å². The Morgan fingerprint density at radius 2 is 0.959 bits per heavy atom. The van der Waals surface area contributed by atoms with E-state index in [2.05, 4.69) is 187 Å². The van der Waals surface area contributed by atoms with Crippen molar-refractivity contribution in [1.82, 2.24) is 9.55 Å². The van der Waals surface area contributed by atoms with Gasteiger partial charge in [0.1, 0.15) is 5.82 Å². The van der Waals surface area contributed by atoms with Crippen molar-refractivity contribution >= 4 is 32.6 Å². The van der Waals surface area contributed by atoms with E-state index in [0.717, 1.165) is 29.0 Å². The van der Waals surface area contributed by atoms with Crippen molar-refractivity contribution in [3.8, 4) is 50.2 Å². The highest BCUT2D eigenvalue weighted by Crippen LogP contribution is 2.45. The van der Waals surface area contributed by atoms with E-state index in [1.54, 1.807) is 0 Å². The summed E-state index contributed by atoms with van der Waals surface area (Å²) in [6, 6.07) is 63.7. The minimum atomic E-state index is 0.861. The van der Waals surface area contributed by atoms with Crippen LogP contribution in [0.25, 0.3) is 82.8 Å². The lowest BCUT2D eigenvalue weighted by Crippen LogP contribution is -2.00. The Labute approximate surface area is 286 Å². The van der Waals surface area contributed by atoms with Crippen molar-refractivity contribution in [2.45, 2.75) is 13.3 Å². The maximum atomic E-state index is 4.94. The molecule has 1 heterocycles. The lowest BCUT2D eigenvalue weighted by molar-refractivity contribution is 0.908. The Bertz CT molecular complexity index is 2630. The number of imidazole rings is 1. The molecule has 9 aromatic rings. The zero-order valence-corrected chi connectivity index (χ0v) is 27.3. The van der Waals surface area contributed by atoms with Crippen LogP contribution >= 0.6 is 0 Å². The van der Waals surface area contributed by atoms with Gasteiger partial charge < -0.3 is 0 Å². The minimum absolute atomic E-state index is 0.861. The summed E-state index contributed by atoms with van der Waals surface area (Å²) in [7, 11) is 0. The molecule has 49 heavy (non-hydrogen) atoms. The second kappa shape index (κ2) is 12.1. The number of benzene rings is 8. The van der Waals surface area contributed by atoms with E-state index in [1.165, 1.54) is 66.1 Å². The van der Waals surface area contributed by atoms with Gasteiger partial charge in [0.25, 0.3) is 0 Å². The Hall–Kier alpha value is -6.25. The van der Waals surface area contributed by atoms with Crippen LogP contribution in [0.2, 0.25) is 0 Å². The molecule has 0 amide bonds. The standard InChI is InChI=1S/C47H34N2/c1-2-45-48-43-25-11-12-26-44(43)49(45)38-22-14-20-35(30-38)34-19-13-21-37(29-34)47-40-24-10-9-23-39(40)46(33-17-7-4-8-18-33)42-31-36(27-28-41(42)47)32-15-5-3-6-16-32/h3-31H,2H2,1H3. The summed E-state index contributed by atoms with van der Waals surface area (Å²) in [6.45, 7) is 2.17. The van der Waals surface area contributed by atoms with Gasteiger partial charge in [0, 0.05) is 12.1 Å². The first-order chi connectivity index (χ1) is 24.3. The second-order valence-corrected chi connectivity index (χ2v) is 12.6. The van der Waals surface area contributed by atoms with Gasteiger partial charge in [-0.05, 0) is 102 Å². The molecular formula is C47H34N2. The van der Waals surface area contributed by atoms with E-state index in [1.807, 2.05) is 0 Å². The van der Waals surface area contributed by atoms with Crippen molar-refractivity contribution in [1.29, 1.82) is 0 Å². The van der Waals surface area contributed by atoms with Crippen LogP contribution in [0, 0.1) is 0 Å². The SMILES string of the molecule is CCc1nc2ccccc2n1-c1cccc(-c2cccc(-c3c4ccccc4c(-c4ccccc4)c4cc(-c5ccccc5)ccc34)c2)c1. The fourth-order valence-electron chi connectivity index (χ4n) is 7.50. The number of aromatic nitrogens is 2. The Morgan fingerprint density at radius 3 is 1.71 bits per heavy atom. The van der Waals surface area contributed by atoms with Gasteiger partial charge in [-0.2, -0.15) is 0 Å². The van der Waals surface area contributed by atoms with Gasteiger partial charge in [0.2, 0.25) is 0 Å². The summed E-state index contributed by atoms with van der Waals surface area (Å²) in [5.74, 6) is 1.07. The highest BCUT2D eigenvalue weighted by atomic mass is 15.1. The number of hydrogen-bond donors (Lipinski definition) is 0. The number of nitrogens with zero attached hydrogens (tertiary/aromatic N) is 2. The molecule has 0 saturated heterocycles. The topological polar surface area (TPSA) is 17.8 Å². The Morgan fingerprint density at radius 1 is 0.408 bits per heavy atom. The predicted octanol–water partition coefficient (Wildman–Crippen LogP) is 12.6. The minimum Gasteiger partial charge on any atom is -0.296 e. The van der Waals surface area contributed by atoms with Gasteiger partial charge in [0.15, 0.2) is 0 Å². The van der Waals surface area contributed by atoms with Crippen molar-refractivity contribution in [3.05, 3.63) is 182 Å². The van der Waals surface area contributed by atoms with Crippen LogP contribution in [0.5, 0.6) is 0 Å². The van der Waals surface area contributed by atoms with Gasteiger partial charge in [-0.15, -0.1) is 0 Å². The third-order valence-electron chi connectivity index (χ3n) is 9.73. The molecule has 0 unspecified atom stereocenters. The van der Waals surface area contributed by atoms with Gasteiger partial charge in [-0.25, -0.2) is 4.98 Å². The van der Waals surface area contributed by atoms with Gasteiger partial charge >= 0.3 is 0 Å². The van der Waals surface area contributed by atoms with Crippen LogP contribution in [-0.2, 0) is 6.42 Å². The zero-order valence-electron chi connectivity index (χ0n) is 27.3. The molecule has 0 saturated carbocycles. The van der Waals surface area contributed by atoms with Crippen LogP contribution in [0.4, 0.5) is 0 Å². The molecule has 0 aliphatic carbocycles. The fourth-order valence-corrected chi connectivity index (χ4v) is 7.50. The number of rotatable bonds is 6. The molecule has 0 radical (unpaired) electrons. The summed E-state index contributed by atoms with van der Waals surface area (Å²) < 4.78 is 2.30. The molecule has 9 rings (SSSR count). The summed E-state index contributed by atoms with van der Waals surface area (Å²) in [5.41, 5.74) is 13.1. The maximum absolute atomic E-state index is 4.94. The highest BCUT2D eigenvalue weighted by molar-refractivity contribution is 6.22. The largest absolute Gasteiger partial charge is 0.296 e. The molecular weight excluding hydrogens is 593 g/mol. The van der Waals surface area contributed by atoms with Gasteiger partial charge in [-0.1, -0.05) is 146 Å². The lowest BCUT2D eigenvalue weighted by atomic mass is 9.84. The van der Waals surface area contributed by atoms with Gasteiger partial charge in [-0.3, -0.25) is 4.57 Å². The maximum Gasteiger partial charge on any atom is 0.114 e. The van der Waals surface area contributed by atoms with Crippen LogP contribution in [0.15, 0.2) is 176 Å². The monoisotopic (exact) mass is 626 g/mol. The molecule has 8 aromatic carbocycles. The van der Waals surface area contributed by atoms with Crippen molar-refractivity contribution < 1.29 is 0 Å². The Balaban J connectivity index is 1.26. The predicted molar refractivity (Wildman–Crippen MR) is 207 cm³/mol. The Kier molecular flexibility index (Phi) is 7.13. The van der Waals surface area contributed by atoms with E-state index >= 15 is 0 Å². The molecule has 0 aliphatic rings. The quantitative estimate of drug-likeness (QED) is 0.168. The fraction of sp³-hybridized carbons (Fsp3) is 0.0426. The number of aryl methyl sites for hydroxylation is 1. The van der Waals surface area contributed by atoms with E-state index < -0.39 is 0 Å². The first kappa shape index (κ1) is 28.9. The van der Waals surface area contributed by atoms with Crippen LogP contribution in [0.1, 0.15) is 12.7 Å². The molecule has 0 fully saturated rings. The average molecular weight is 627 g/mol. The normalized spacial score (nSPS) is 11.4. The summed E-state index contributed by atoms with van der Waals surface area (Å²) >= 11 is 0. The third kappa shape index (κ3) is 5.01. The summed E-state index contributed by atoms with van der Waals surface area (Å²) in [6.07, 6.45) is 0.861. The molecule has 2 heteroatoms. The third-order valence-corrected chi connectivity index (χ3v) is 9.73. The molecule has 1 aromatic heterocycles. The van der Waals surface area contributed by atoms with Crippen molar-refractivity contribution in [2.24, 2.45) is 0 Å². The summed E-state index contributed by atoms with van der Waals surface area (Å²) in [4.78, 5) is 4.94. The smallest absolute Gasteiger partial charge is 0.114 e. The van der Waals surface area contributed by atoms with E-state index in [-0.39, 0.29) is 0 Å². The molecule has 0 aliphatic heterocycles. The number of para-hydroxylation sites is 2. The number of hydrogen-bond acceptors (Lipinski definition) is 1. The first-order valence-corrected chi connectivity index (χ1v) is 17.0. The van der Waals surface area contributed by atoms with Crippen molar-refractivity contribution in [3.63, 3.8) is 0 Å².